The molecule has 0 bridgehead atoms. The minimum atomic E-state index is 0.334. The summed E-state index contributed by atoms with van der Waals surface area (Å²) in [6.07, 6.45) is 4.16. The molecule has 0 spiro atoms. The van der Waals surface area contributed by atoms with Gasteiger partial charge in [0, 0.05) is 11.3 Å². The van der Waals surface area contributed by atoms with Gasteiger partial charge in [0.25, 0.3) is 0 Å². The first kappa shape index (κ1) is 8.53. The van der Waals surface area contributed by atoms with Gasteiger partial charge in [0.1, 0.15) is 5.78 Å². The third-order valence-electron chi connectivity index (χ3n) is 3.46. The van der Waals surface area contributed by atoms with E-state index in [1.807, 2.05) is 5.38 Å². The highest BCUT2D eigenvalue weighted by atomic mass is 32.1. The molecule has 14 heavy (non-hydrogen) atoms. The van der Waals surface area contributed by atoms with E-state index < -0.39 is 0 Å². The van der Waals surface area contributed by atoms with Gasteiger partial charge in [-0.25, -0.2) is 0 Å². The van der Waals surface area contributed by atoms with Crippen LogP contribution in [0.3, 0.4) is 0 Å². The van der Waals surface area contributed by atoms with E-state index in [0.717, 1.165) is 30.4 Å². The van der Waals surface area contributed by atoms with Gasteiger partial charge in [-0.05, 0) is 42.6 Å². The first-order chi connectivity index (χ1) is 6.83. The van der Waals surface area contributed by atoms with Crippen LogP contribution < -0.4 is 0 Å². The van der Waals surface area contributed by atoms with E-state index >= 15 is 0 Å². The molecule has 2 aliphatic rings. The number of aromatic nitrogens is 2. The van der Waals surface area contributed by atoms with Gasteiger partial charge in [0.05, 0.1) is 12.1 Å². The smallest absolute Gasteiger partial charge is 0.142 e. The summed E-state index contributed by atoms with van der Waals surface area (Å²) in [7, 11) is 0. The number of rotatable bonds is 3. The molecule has 2 fully saturated rings. The summed E-state index contributed by atoms with van der Waals surface area (Å²) in [5.41, 5.74) is 0.848. The molecule has 0 amide bonds. The second kappa shape index (κ2) is 3.12. The van der Waals surface area contributed by atoms with Gasteiger partial charge in [0.15, 0.2) is 0 Å². The van der Waals surface area contributed by atoms with Gasteiger partial charge in [-0.2, -0.15) is 0 Å². The fourth-order valence-corrected chi connectivity index (χ4v) is 3.01. The first-order valence-electron chi connectivity index (χ1n) is 5.11. The highest BCUT2D eigenvalue weighted by Crippen LogP contribution is 2.54. The van der Waals surface area contributed by atoms with Crippen molar-refractivity contribution in [2.24, 2.45) is 17.8 Å². The van der Waals surface area contributed by atoms with Gasteiger partial charge >= 0.3 is 0 Å². The number of nitrogens with zero attached hydrogens (tertiary/aromatic N) is 2. The predicted octanol–water partition coefficient (Wildman–Crippen LogP) is 1.70. The van der Waals surface area contributed by atoms with Crippen molar-refractivity contribution < 1.29 is 4.79 Å². The molecule has 0 N–H and O–H groups in total. The fraction of sp³-hybridized carbons (Fsp3) is 0.700. The summed E-state index contributed by atoms with van der Waals surface area (Å²) in [5, 5.41) is 5.77. The maximum Gasteiger partial charge on any atom is 0.142 e. The molecule has 1 aromatic rings. The maximum atomic E-state index is 11.8. The minimum absolute atomic E-state index is 0.334. The van der Waals surface area contributed by atoms with E-state index in [-0.39, 0.29) is 0 Å². The Morgan fingerprint density at radius 1 is 1.43 bits per heavy atom. The Bertz CT molecular complexity index is 339. The number of hydrogen-bond donors (Lipinski definition) is 0. The lowest BCUT2D eigenvalue weighted by Gasteiger charge is -2.08. The maximum absolute atomic E-state index is 11.8. The molecule has 74 valence electrons. The van der Waals surface area contributed by atoms with Crippen LogP contribution in [0.1, 0.15) is 25.0 Å². The first-order valence-corrected chi connectivity index (χ1v) is 5.95. The molecule has 2 unspecified atom stereocenters. The van der Waals surface area contributed by atoms with Crippen LogP contribution in [-0.2, 0) is 11.2 Å². The number of fused-ring (bicyclic) bond motifs is 1. The van der Waals surface area contributed by atoms with Crippen molar-refractivity contribution in [2.75, 3.05) is 0 Å². The summed E-state index contributed by atoms with van der Waals surface area (Å²) in [6, 6.07) is 0. The van der Waals surface area contributed by atoms with E-state index in [2.05, 4.69) is 9.59 Å². The quantitative estimate of drug-likeness (QED) is 0.759. The number of ketones is 1. The third kappa shape index (κ3) is 1.47. The Balaban J connectivity index is 1.60. The van der Waals surface area contributed by atoms with Crippen molar-refractivity contribution in [1.82, 2.24) is 9.59 Å². The second-order valence-corrected chi connectivity index (χ2v) is 5.07. The van der Waals surface area contributed by atoms with Crippen LogP contribution in [0.5, 0.6) is 0 Å². The van der Waals surface area contributed by atoms with Gasteiger partial charge in [-0.1, -0.05) is 4.49 Å². The Kier molecular flexibility index (Phi) is 1.90. The molecule has 3 nitrogen and oxygen atoms in total. The van der Waals surface area contributed by atoms with Crippen LogP contribution in [0.25, 0.3) is 0 Å². The van der Waals surface area contributed by atoms with Gasteiger partial charge in [-0.3, -0.25) is 4.79 Å². The van der Waals surface area contributed by atoms with Crippen molar-refractivity contribution in [3.05, 3.63) is 11.1 Å². The lowest BCUT2D eigenvalue weighted by Crippen LogP contribution is -2.15. The standard InChI is InChI=1S/C10H12N2OS/c13-10(4-9-5-14-12-11-9)8-2-6-1-7(6)3-8/h5-8H,1-4H2. The average Bonchev–Trinajstić information content (AvgIpc) is 2.68. The molecule has 2 aliphatic carbocycles. The second-order valence-electron chi connectivity index (χ2n) is 4.46. The molecule has 0 aromatic carbocycles. The molecule has 4 heteroatoms. The summed E-state index contributed by atoms with van der Waals surface area (Å²) in [4.78, 5) is 11.8. The SMILES string of the molecule is O=C(Cc1csnn1)C1CC2CC2C1. The molecule has 0 aliphatic heterocycles. The van der Waals surface area contributed by atoms with E-state index in [9.17, 15) is 4.79 Å². The lowest BCUT2D eigenvalue weighted by molar-refractivity contribution is -0.122. The van der Waals surface area contributed by atoms with Crippen molar-refractivity contribution in [3.63, 3.8) is 0 Å². The molecule has 1 aromatic heterocycles. The molecule has 3 rings (SSSR count). The van der Waals surface area contributed by atoms with Crippen LogP contribution in [0, 0.1) is 17.8 Å². The summed E-state index contributed by atoms with van der Waals surface area (Å²) < 4.78 is 3.77. The van der Waals surface area contributed by atoms with Crippen molar-refractivity contribution >= 4 is 17.3 Å². The van der Waals surface area contributed by atoms with E-state index in [4.69, 9.17) is 0 Å². The molecular weight excluding hydrogens is 196 g/mol. The number of carbonyl (C=O) groups is 1. The zero-order chi connectivity index (χ0) is 9.54. The largest absolute Gasteiger partial charge is 0.299 e. The van der Waals surface area contributed by atoms with Crippen LogP contribution in [0.4, 0.5) is 0 Å². The number of carbonyl (C=O) groups excluding carboxylic acids is 1. The topological polar surface area (TPSA) is 42.9 Å². The Morgan fingerprint density at radius 2 is 2.21 bits per heavy atom. The van der Waals surface area contributed by atoms with E-state index in [1.165, 1.54) is 18.0 Å². The Hall–Kier alpha value is -0.770. The number of hydrogen-bond acceptors (Lipinski definition) is 4. The Labute approximate surface area is 86.7 Å². The van der Waals surface area contributed by atoms with Crippen molar-refractivity contribution in [1.29, 1.82) is 0 Å². The molecule has 0 radical (unpaired) electrons. The molecular formula is C10H12N2OS. The van der Waals surface area contributed by atoms with Crippen LogP contribution in [0.2, 0.25) is 0 Å². The number of Topliss-reactive ketones (excluding diaryl/α,β-unsaturated/α-hetero) is 1. The normalized spacial score (nSPS) is 34.1. The lowest BCUT2D eigenvalue weighted by atomic mass is 9.96. The molecule has 0 saturated heterocycles. The molecule has 2 saturated carbocycles. The summed E-state index contributed by atoms with van der Waals surface area (Å²) in [5.74, 6) is 2.49. The zero-order valence-corrected chi connectivity index (χ0v) is 8.67. The molecule has 2 atom stereocenters. The van der Waals surface area contributed by atoms with Crippen LogP contribution in [-0.4, -0.2) is 15.4 Å². The third-order valence-corrected chi connectivity index (χ3v) is 4.01. The highest BCUT2D eigenvalue weighted by Gasteiger charge is 2.47. The summed E-state index contributed by atoms with van der Waals surface area (Å²) in [6.45, 7) is 0. The zero-order valence-electron chi connectivity index (χ0n) is 7.85. The van der Waals surface area contributed by atoms with Gasteiger partial charge in [-0.15, -0.1) is 5.10 Å². The van der Waals surface area contributed by atoms with Crippen molar-refractivity contribution in [3.8, 4) is 0 Å². The van der Waals surface area contributed by atoms with Crippen molar-refractivity contribution in [2.45, 2.75) is 25.7 Å². The summed E-state index contributed by atoms with van der Waals surface area (Å²) >= 11 is 1.32. The van der Waals surface area contributed by atoms with E-state index in [1.54, 1.807) is 0 Å². The van der Waals surface area contributed by atoms with E-state index in [0.29, 0.717) is 18.1 Å². The minimum Gasteiger partial charge on any atom is -0.299 e. The fourth-order valence-electron chi connectivity index (χ4n) is 2.56. The highest BCUT2D eigenvalue weighted by molar-refractivity contribution is 7.03. The molecule has 1 heterocycles. The predicted molar refractivity (Wildman–Crippen MR) is 52.9 cm³/mol. The average molecular weight is 208 g/mol. The van der Waals surface area contributed by atoms with Gasteiger partial charge in [0.2, 0.25) is 0 Å². The van der Waals surface area contributed by atoms with Crippen LogP contribution in [0.15, 0.2) is 5.38 Å². The van der Waals surface area contributed by atoms with Crippen LogP contribution >= 0.6 is 11.5 Å². The monoisotopic (exact) mass is 208 g/mol. The Morgan fingerprint density at radius 3 is 2.86 bits per heavy atom. The van der Waals surface area contributed by atoms with Gasteiger partial charge < -0.3 is 0 Å².